The van der Waals surface area contributed by atoms with Gasteiger partial charge in [0.1, 0.15) is 13.4 Å². The number of rotatable bonds is 2. The topological polar surface area (TPSA) is 72.5 Å². The van der Waals surface area contributed by atoms with Crippen molar-refractivity contribution >= 4 is 29.4 Å². The lowest BCUT2D eigenvalue weighted by molar-refractivity contribution is 0.0570. The van der Waals surface area contributed by atoms with E-state index in [9.17, 15) is 13.2 Å². The molecule has 0 heterocycles. The van der Waals surface area contributed by atoms with E-state index >= 15 is 0 Å². The minimum atomic E-state index is -4.01. The maximum Gasteiger partial charge on any atom is 0.421 e. The summed E-state index contributed by atoms with van der Waals surface area (Å²) >= 11 is 0. The second-order valence-corrected chi connectivity index (χ2v) is 6.30. The van der Waals surface area contributed by atoms with E-state index in [1.54, 1.807) is 31.6 Å². The molecule has 0 spiro atoms. The summed E-state index contributed by atoms with van der Waals surface area (Å²) in [6.07, 6.45) is -1.04. The van der Waals surface area contributed by atoms with Crippen LogP contribution in [-0.2, 0) is 14.8 Å². The average Bonchev–Trinajstić information content (AvgIpc) is 2.13. The molecule has 0 aromatic heterocycles. The zero-order valence-electron chi connectivity index (χ0n) is 10.4. The molecule has 0 fully saturated rings. The van der Waals surface area contributed by atoms with Gasteiger partial charge in [0, 0.05) is 0 Å². The van der Waals surface area contributed by atoms with Crippen molar-refractivity contribution in [3.63, 3.8) is 0 Å². The third-order valence-corrected chi connectivity index (χ3v) is 3.21. The summed E-state index contributed by atoms with van der Waals surface area (Å²) in [6, 6.07) is 5.85. The Balaban J connectivity index is 2.91. The molecule has 1 N–H and O–H groups in total. The number of ether oxygens (including phenoxy) is 1. The molecule has 0 saturated carbocycles. The van der Waals surface area contributed by atoms with Crippen molar-refractivity contribution in [2.24, 2.45) is 0 Å². The van der Waals surface area contributed by atoms with E-state index in [0.717, 1.165) is 0 Å². The number of carbonyl (C=O) groups is 1. The van der Waals surface area contributed by atoms with Crippen LogP contribution in [0.25, 0.3) is 0 Å². The summed E-state index contributed by atoms with van der Waals surface area (Å²) in [5, 5.41) is 0. The van der Waals surface area contributed by atoms with Crippen LogP contribution in [0, 0.1) is 0 Å². The highest BCUT2D eigenvalue weighted by atomic mass is 32.2. The van der Waals surface area contributed by atoms with E-state index in [4.69, 9.17) is 12.6 Å². The highest BCUT2D eigenvalue weighted by Crippen LogP contribution is 2.09. The Hall–Kier alpha value is -1.50. The van der Waals surface area contributed by atoms with E-state index in [1.807, 2.05) is 0 Å². The quantitative estimate of drug-likeness (QED) is 0.800. The fourth-order valence-corrected chi connectivity index (χ4v) is 2.20. The van der Waals surface area contributed by atoms with Gasteiger partial charge in [-0.1, -0.05) is 23.7 Å². The number of carbonyl (C=O) groups excluding carboxylic acids is 1. The van der Waals surface area contributed by atoms with Crippen LogP contribution < -0.4 is 10.2 Å². The monoisotopic (exact) mass is 267 g/mol. The molecule has 18 heavy (non-hydrogen) atoms. The Morgan fingerprint density at radius 1 is 1.28 bits per heavy atom. The fraction of sp³-hybridized carbons (Fsp3) is 0.364. The van der Waals surface area contributed by atoms with Crippen molar-refractivity contribution in [3.8, 4) is 0 Å². The zero-order chi connectivity index (χ0) is 14.0. The first-order valence-corrected chi connectivity index (χ1v) is 6.70. The maximum atomic E-state index is 11.9. The Kier molecular flexibility index (Phi) is 4.06. The molecule has 0 unspecified atom stereocenters. The molecule has 5 nitrogen and oxygen atoms in total. The van der Waals surface area contributed by atoms with Crippen LogP contribution in [0.3, 0.4) is 0 Å². The Bertz CT molecular complexity index is 548. The summed E-state index contributed by atoms with van der Waals surface area (Å²) in [4.78, 5) is 11.2. The van der Waals surface area contributed by atoms with Gasteiger partial charge in [-0.2, -0.15) is 0 Å². The SMILES string of the molecule is [B]c1ccccc1S(=O)(=O)NC(=O)OC(C)(C)C. The minimum absolute atomic E-state index is 0.0635. The summed E-state index contributed by atoms with van der Waals surface area (Å²) in [6.45, 7) is 4.90. The normalized spacial score (nSPS) is 11.9. The second kappa shape index (κ2) is 5.01. The Labute approximate surface area is 108 Å². The van der Waals surface area contributed by atoms with Crippen molar-refractivity contribution in [2.45, 2.75) is 31.3 Å². The van der Waals surface area contributed by atoms with Crippen molar-refractivity contribution in [1.82, 2.24) is 4.72 Å². The van der Waals surface area contributed by atoms with Crippen LogP contribution in [-0.4, -0.2) is 28.0 Å². The molecule has 1 aromatic rings. The van der Waals surface area contributed by atoms with Gasteiger partial charge in [0.2, 0.25) is 0 Å². The summed E-state index contributed by atoms with van der Waals surface area (Å²) in [5.74, 6) is 0. The van der Waals surface area contributed by atoms with Crippen LogP contribution >= 0.6 is 0 Å². The minimum Gasteiger partial charge on any atom is -0.443 e. The van der Waals surface area contributed by atoms with Crippen LogP contribution in [0.4, 0.5) is 4.79 Å². The van der Waals surface area contributed by atoms with Crippen molar-refractivity contribution in [2.75, 3.05) is 0 Å². The molecule has 96 valence electrons. The van der Waals surface area contributed by atoms with Gasteiger partial charge in [0.15, 0.2) is 0 Å². The van der Waals surface area contributed by atoms with Gasteiger partial charge in [0.25, 0.3) is 10.0 Å². The largest absolute Gasteiger partial charge is 0.443 e. The molecule has 2 radical (unpaired) electrons. The molecule has 7 heteroatoms. The molecule has 0 saturated heterocycles. The predicted molar refractivity (Wildman–Crippen MR) is 68.4 cm³/mol. The van der Waals surface area contributed by atoms with Crippen LogP contribution in [0.5, 0.6) is 0 Å². The maximum absolute atomic E-state index is 11.9. The molecule has 0 aliphatic rings. The molecular formula is C11H14BNO4S. The smallest absolute Gasteiger partial charge is 0.421 e. The third kappa shape index (κ3) is 4.07. The molecule has 0 aliphatic heterocycles. The van der Waals surface area contributed by atoms with E-state index < -0.39 is 21.7 Å². The lowest BCUT2D eigenvalue weighted by atomic mass is 9.97. The third-order valence-electron chi connectivity index (χ3n) is 1.83. The first-order chi connectivity index (χ1) is 8.12. The number of hydrogen-bond donors (Lipinski definition) is 1. The number of benzene rings is 1. The lowest BCUT2D eigenvalue weighted by Gasteiger charge is -2.19. The first kappa shape index (κ1) is 14.6. The Morgan fingerprint density at radius 2 is 1.83 bits per heavy atom. The van der Waals surface area contributed by atoms with Gasteiger partial charge in [-0.25, -0.2) is 17.9 Å². The molecule has 0 aliphatic carbocycles. The highest BCUT2D eigenvalue weighted by Gasteiger charge is 2.23. The van der Waals surface area contributed by atoms with Gasteiger partial charge in [-0.05, 0) is 26.8 Å². The van der Waals surface area contributed by atoms with Crippen LogP contribution in [0.1, 0.15) is 20.8 Å². The highest BCUT2D eigenvalue weighted by molar-refractivity contribution is 7.90. The van der Waals surface area contributed by atoms with Crippen molar-refractivity contribution in [1.29, 1.82) is 0 Å². The number of sulfonamides is 1. The number of hydrogen-bond acceptors (Lipinski definition) is 4. The van der Waals surface area contributed by atoms with E-state index in [1.165, 1.54) is 18.2 Å². The number of amides is 1. The van der Waals surface area contributed by atoms with Gasteiger partial charge in [0.05, 0.1) is 4.90 Å². The molecular weight excluding hydrogens is 253 g/mol. The standard InChI is InChI=1S/C11H14BNO4S/c1-11(2,3)17-10(14)13-18(15,16)9-7-5-4-6-8(9)12/h4-7H,1-3H3,(H,13,14). The molecule has 1 rings (SSSR count). The van der Waals surface area contributed by atoms with Crippen LogP contribution in [0.2, 0.25) is 0 Å². The summed E-state index contributed by atoms with van der Waals surface area (Å²) in [7, 11) is 1.53. The van der Waals surface area contributed by atoms with Crippen molar-refractivity contribution < 1.29 is 17.9 Å². The predicted octanol–water partition coefficient (Wildman–Crippen LogP) is 0.694. The van der Waals surface area contributed by atoms with Crippen LogP contribution in [0.15, 0.2) is 29.2 Å². The van der Waals surface area contributed by atoms with E-state index in [-0.39, 0.29) is 10.4 Å². The molecule has 1 aromatic carbocycles. The number of nitrogens with one attached hydrogen (secondary N) is 1. The average molecular weight is 267 g/mol. The molecule has 0 bridgehead atoms. The lowest BCUT2D eigenvalue weighted by Crippen LogP contribution is -2.37. The van der Waals surface area contributed by atoms with Gasteiger partial charge < -0.3 is 4.74 Å². The summed E-state index contributed by atoms with van der Waals surface area (Å²) < 4.78 is 30.4. The van der Waals surface area contributed by atoms with E-state index in [2.05, 4.69) is 0 Å². The first-order valence-electron chi connectivity index (χ1n) is 5.22. The fourth-order valence-electron chi connectivity index (χ4n) is 1.19. The zero-order valence-corrected chi connectivity index (χ0v) is 11.2. The van der Waals surface area contributed by atoms with Gasteiger partial charge in [-0.15, -0.1) is 0 Å². The summed E-state index contributed by atoms with van der Waals surface area (Å²) in [5.41, 5.74) is -0.712. The second-order valence-electron chi connectivity index (χ2n) is 4.65. The van der Waals surface area contributed by atoms with E-state index in [0.29, 0.717) is 0 Å². The Morgan fingerprint density at radius 3 is 2.33 bits per heavy atom. The van der Waals surface area contributed by atoms with Crippen molar-refractivity contribution in [3.05, 3.63) is 24.3 Å². The van der Waals surface area contributed by atoms with Gasteiger partial charge >= 0.3 is 6.09 Å². The molecule has 1 amide bonds. The molecule has 0 atom stereocenters. The van der Waals surface area contributed by atoms with Gasteiger partial charge in [-0.3, -0.25) is 0 Å².